The van der Waals surface area contributed by atoms with Gasteiger partial charge < -0.3 is 14.6 Å². The van der Waals surface area contributed by atoms with Crippen LogP contribution < -0.4 is 0 Å². The number of likely N-dealkylation sites (N-methyl/N-ethyl adjacent to an activating group) is 1. The fourth-order valence-corrected chi connectivity index (χ4v) is 2.49. The van der Waals surface area contributed by atoms with Gasteiger partial charge in [0.25, 0.3) is 0 Å². The summed E-state index contributed by atoms with van der Waals surface area (Å²) in [6.07, 6.45) is 3.89. The van der Waals surface area contributed by atoms with Crippen LogP contribution in [0.15, 0.2) is 0 Å². The van der Waals surface area contributed by atoms with Gasteiger partial charge in [0.05, 0.1) is 6.61 Å². The van der Waals surface area contributed by atoms with E-state index in [2.05, 4.69) is 25.7 Å². The van der Waals surface area contributed by atoms with Crippen LogP contribution in [0.2, 0.25) is 0 Å². The topological polar surface area (TPSA) is 41.9 Å². The van der Waals surface area contributed by atoms with Crippen LogP contribution in [-0.2, 0) is 9.47 Å². The summed E-state index contributed by atoms with van der Waals surface area (Å²) < 4.78 is 11.7. The zero-order chi connectivity index (χ0) is 12.7. The maximum Gasteiger partial charge on any atom is 0.147 e. The Balaban J connectivity index is 2.64. The number of aliphatic hydroxyl groups excluding tert-OH is 1. The Kier molecular flexibility index (Phi) is 6.41. The maximum atomic E-state index is 9.67. The zero-order valence-corrected chi connectivity index (χ0v) is 11.4. The molecule has 1 heterocycles. The summed E-state index contributed by atoms with van der Waals surface area (Å²) in [6.45, 7) is 8.65. The van der Waals surface area contributed by atoms with Gasteiger partial charge in [-0.1, -0.05) is 20.8 Å². The molecule has 0 aliphatic carbocycles. The predicted molar refractivity (Wildman–Crippen MR) is 67.7 cm³/mol. The third-order valence-corrected chi connectivity index (χ3v) is 3.33. The molecule has 0 saturated carbocycles. The summed E-state index contributed by atoms with van der Waals surface area (Å²) in [4.78, 5) is 2.16. The summed E-state index contributed by atoms with van der Waals surface area (Å²) in [6, 6.07) is 0. The van der Waals surface area contributed by atoms with Crippen LogP contribution >= 0.6 is 0 Å². The monoisotopic (exact) mass is 245 g/mol. The largest absolute Gasteiger partial charge is 0.392 e. The third kappa shape index (κ3) is 3.41. The zero-order valence-electron chi connectivity index (χ0n) is 11.4. The van der Waals surface area contributed by atoms with Crippen LogP contribution in [0.1, 0.15) is 46.5 Å². The van der Waals surface area contributed by atoms with E-state index < -0.39 is 5.72 Å². The minimum atomic E-state index is -0.511. The minimum Gasteiger partial charge on any atom is -0.392 e. The van der Waals surface area contributed by atoms with Crippen molar-refractivity contribution in [1.29, 1.82) is 0 Å². The molecule has 1 rings (SSSR count). The number of hydrogen-bond donors (Lipinski definition) is 1. The summed E-state index contributed by atoms with van der Waals surface area (Å²) in [5.74, 6) is 0. The highest BCUT2D eigenvalue weighted by atomic mass is 16.6. The molecular formula is C13H27NO3. The lowest BCUT2D eigenvalue weighted by atomic mass is 10.1. The molecule has 1 fully saturated rings. The average molecular weight is 245 g/mol. The van der Waals surface area contributed by atoms with Gasteiger partial charge in [0.2, 0.25) is 0 Å². The van der Waals surface area contributed by atoms with Gasteiger partial charge in [-0.3, -0.25) is 0 Å². The summed E-state index contributed by atoms with van der Waals surface area (Å²) in [5.41, 5.74) is -0.511. The molecule has 4 nitrogen and oxygen atoms in total. The number of rotatable bonds is 8. The smallest absolute Gasteiger partial charge is 0.147 e. The lowest BCUT2D eigenvalue weighted by molar-refractivity contribution is -0.197. The van der Waals surface area contributed by atoms with E-state index in [9.17, 15) is 5.11 Å². The van der Waals surface area contributed by atoms with Crippen molar-refractivity contribution in [2.45, 2.75) is 58.4 Å². The molecule has 0 bridgehead atoms. The van der Waals surface area contributed by atoms with Gasteiger partial charge in [-0.25, -0.2) is 4.90 Å². The number of likely N-dealkylation sites (tertiary alicyclic amines) is 1. The highest BCUT2D eigenvalue weighted by Crippen LogP contribution is 2.35. The quantitative estimate of drug-likeness (QED) is 0.710. The lowest BCUT2D eigenvalue weighted by Gasteiger charge is -2.38. The highest BCUT2D eigenvalue weighted by molar-refractivity contribution is 4.90. The fourth-order valence-electron chi connectivity index (χ4n) is 2.49. The molecule has 0 aromatic heterocycles. The molecule has 0 spiro atoms. The van der Waals surface area contributed by atoms with Gasteiger partial charge in [0, 0.05) is 19.8 Å². The fraction of sp³-hybridized carbons (Fsp3) is 1.00. The van der Waals surface area contributed by atoms with Crippen LogP contribution in [0.25, 0.3) is 0 Å². The predicted octanol–water partition coefficient (Wildman–Crippen LogP) is 1.97. The molecule has 1 aliphatic rings. The van der Waals surface area contributed by atoms with Gasteiger partial charge in [-0.05, 0) is 25.7 Å². The molecular weight excluding hydrogens is 218 g/mol. The average Bonchev–Trinajstić information content (AvgIpc) is 2.72. The molecule has 0 aromatic carbocycles. The maximum absolute atomic E-state index is 9.67. The summed E-state index contributed by atoms with van der Waals surface area (Å²) >= 11 is 0. The standard InChI is InChI=1S/C13H27NO3/c1-4-9-16-12-7-8-13(11-15,14(12)6-3)17-10-5-2/h12,15H,4-11H2,1-3H3. The van der Waals surface area contributed by atoms with Crippen molar-refractivity contribution in [3.8, 4) is 0 Å². The Labute approximate surface area is 105 Å². The van der Waals surface area contributed by atoms with Gasteiger partial charge in [0.15, 0.2) is 0 Å². The van der Waals surface area contributed by atoms with E-state index in [1.54, 1.807) is 0 Å². The molecule has 0 amide bonds. The number of ether oxygens (including phenoxy) is 2. The second kappa shape index (κ2) is 7.31. The van der Waals surface area contributed by atoms with Crippen LogP contribution in [-0.4, -0.2) is 48.3 Å². The molecule has 2 atom stereocenters. The van der Waals surface area contributed by atoms with Crippen LogP contribution in [0.4, 0.5) is 0 Å². The SMILES string of the molecule is CCCOC1CCC(CO)(OCCC)N1CC. The Bertz CT molecular complexity index is 213. The van der Waals surface area contributed by atoms with Crippen LogP contribution in [0, 0.1) is 0 Å². The molecule has 0 radical (unpaired) electrons. The van der Waals surface area contributed by atoms with E-state index in [0.29, 0.717) is 6.61 Å². The first kappa shape index (κ1) is 14.9. The van der Waals surface area contributed by atoms with Gasteiger partial charge in [-0.2, -0.15) is 0 Å². The van der Waals surface area contributed by atoms with Crippen molar-refractivity contribution in [1.82, 2.24) is 4.90 Å². The molecule has 17 heavy (non-hydrogen) atoms. The summed E-state index contributed by atoms with van der Waals surface area (Å²) in [5, 5.41) is 9.67. The first-order chi connectivity index (χ1) is 8.24. The highest BCUT2D eigenvalue weighted by Gasteiger charge is 2.46. The van der Waals surface area contributed by atoms with Gasteiger partial charge >= 0.3 is 0 Å². The minimum absolute atomic E-state index is 0.0484. The second-order valence-corrected chi connectivity index (χ2v) is 4.60. The van der Waals surface area contributed by atoms with E-state index in [0.717, 1.165) is 38.8 Å². The van der Waals surface area contributed by atoms with Crippen LogP contribution in [0.3, 0.4) is 0 Å². The summed E-state index contributed by atoms with van der Waals surface area (Å²) in [7, 11) is 0. The normalized spacial score (nSPS) is 30.0. The molecule has 1 saturated heterocycles. The molecule has 102 valence electrons. The molecule has 1 N–H and O–H groups in total. The number of hydrogen-bond acceptors (Lipinski definition) is 4. The van der Waals surface area contributed by atoms with E-state index in [4.69, 9.17) is 9.47 Å². The van der Waals surface area contributed by atoms with Crippen molar-refractivity contribution in [2.24, 2.45) is 0 Å². The second-order valence-electron chi connectivity index (χ2n) is 4.60. The Morgan fingerprint density at radius 2 is 1.94 bits per heavy atom. The van der Waals surface area contributed by atoms with E-state index >= 15 is 0 Å². The first-order valence-electron chi connectivity index (χ1n) is 6.87. The lowest BCUT2D eigenvalue weighted by Crippen LogP contribution is -2.52. The van der Waals surface area contributed by atoms with Crippen LogP contribution in [0.5, 0.6) is 0 Å². The van der Waals surface area contributed by atoms with Crippen molar-refractivity contribution in [3.05, 3.63) is 0 Å². The number of aliphatic hydroxyl groups is 1. The molecule has 1 aliphatic heterocycles. The van der Waals surface area contributed by atoms with Gasteiger partial charge in [-0.15, -0.1) is 0 Å². The Morgan fingerprint density at radius 1 is 1.24 bits per heavy atom. The van der Waals surface area contributed by atoms with Crippen molar-refractivity contribution < 1.29 is 14.6 Å². The van der Waals surface area contributed by atoms with E-state index in [1.807, 2.05) is 0 Å². The Hall–Kier alpha value is -0.160. The molecule has 0 aromatic rings. The van der Waals surface area contributed by atoms with Gasteiger partial charge in [0.1, 0.15) is 12.0 Å². The van der Waals surface area contributed by atoms with Crippen molar-refractivity contribution in [2.75, 3.05) is 26.4 Å². The van der Waals surface area contributed by atoms with E-state index in [-0.39, 0.29) is 12.8 Å². The van der Waals surface area contributed by atoms with E-state index in [1.165, 1.54) is 0 Å². The number of nitrogens with zero attached hydrogens (tertiary/aromatic N) is 1. The third-order valence-electron chi connectivity index (χ3n) is 3.33. The molecule has 4 heteroatoms. The van der Waals surface area contributed by atoms with Crippen molar-refractivity contribution >= 4 is 0 Å². The first-order valence-corrected chi connectivity index (χ1v) is 6.87. The van der Waals surface area contributed by atoms with Crippen molar-refractivity contribution in [3.63, 3.8) is 0 Å². The Morgan fingerprint density at radius 3 is 2.47 bits per heavy atom. The molecule has 2 unspecified atom stereocenters.